The Balaban J connectivity index is 1.95. The highest BCUT2D eigenvalue weighted by molar-refractivity contribution is 5.78. The van der Waals surface area contributed by atoms with Crippen LogP contribution in [0.1, 0.15) is 37.9 Å². The van der Waals surface area contributed by atoms with Crippen molar-refractivity contribution in [1.29, 1.82) is 0 Å². The van der Waals surface area contributed by atoms with Gasteiger partial charge in [0.25, 0.3) is 0 Å². The van der Waals surface area contributed by atoms with Gasteiger partial charge in [0, 0.05) is 18.2 Å². The molecule has 1 atom stereocenters. The Kier molecular flexibility index (Phi) is 6.75. The average molecular weight is 358 g/mol. The van der Waals surface area contributed by atoms with E-state index >= 15 is 0 Å². The van der Waals surface area contributed by atoms with Crippen molar-refractivity contribution in [3.8, 4) is 5.75 Å². The SMILES string of the molecule is COc1ccccc1CNC(=O)CNC(c1ccc(F)cc1)C(C)(C)C. The van der Waals surface area contributed by atoms with E-state index in [4.69, 9.17) is 4.74 Å². The molecule has 0 aliphatic heterocycles. The molecule has 2 N–H and O–H groups in total. The zero-order chi connectivity index (χ0) is 19.2. The fourth-order valence-electron chi connectivity index (χ4n) is 2.88. The summed E-state index contributed by atoms with van der Waals surface area (Å²) >= 11 is 0. The standard InChI is InChI=1S/C21H27FN2O2/c1-21(2,3)20(15-9-11-17(22)12-10-15)24-14-19(25)23-13-16-7-5-6-8-18(16)26-4/h5-12,20,24H,13-14H2,1-4H3,(H,23,25). The van der Waals surface area contributed by atoms with Crippen molar-refractivity contribution in [1.82, 2.24) is 10.6 Å². The molecule has 4 nitrogen and oxygen atoms in total. The van der Waals surface area contributed by atoms with Crippen LogP contribution in [-0.2, 0) is 11.3 Å². The number of hydrogen-bond acceptors (Lipinski definition) is 3. The maximum Gasteiger partial charge on any atom is 0.234 e. The molecular weight excluding hydrogens is 331 g/mol. The monoisotopic (exact) mass is 358 g/mol. The van der Waals surface area contributed by atoms with Gasteiger partial charge in [0.15, 0.2) is 0 Å². The van der Waals surface area contributed by atoms with E-state index in [1.807, 2.05) is 24.3 Å². The van der Waals surface area contributed by atoms with Gasteiger partial charge in [-0.05, 0) is 29.2 Å². The molecule has 0 spiro atoms. The fraction of sp³-hybridized carbons (Fsp3) is 0.381. The molecular formula is C21H27FN2O2. The Bertz CT molecular complexity index is 724. The number of nitrogens with one attached hydrogen (secondary N) is 2. The van der Waals surface area contributed by atoms with Crippen LogP contribution in [-0.4, -0.2) is 19.6 Å². The number of carbonyl (C=O) groups excluding carboxylic acids is 1. The highest BCUT2D eigenvalue weighted by Gasteiger charge is 2.26. The highest BCUT2D eigenvalue weighted by Crippen LogP contribution is 2.32. The predicted molar refractivity (Wildman–Crippen MR) is 101 cm³/mol. The first-order valence-corrected chi connectivity index (χ1v) is 8.68. The molecule has 0 aliphatic carbocycles. The molecule has 26 heavy (non-hydrogen) atoms. The maximum absolute atomic E-state index is 13.2. The number of amides is 1. The Morgan fingerprint density at radius 2 is 1.77 bits per heavy atom. The van der Waals surface area contributed by atoms with Crippen LogP contribution in [0.3, 0.4) is 0 Å². The molecule has 0 aliphatic rings. The second kappa shape index (κ2) is 8.81. The van der Waals surface area contributed by atoms with Crippen LogP contribution >= 0.6 is 0 Å². The van der Waals surface area contributed by atoms with Gasteiger partial charge in [0.05, 0.1) is 13.7 Å². The van der Waals surface area contributed by atoms with E-state index in [0.29, 0.717) is 6.54 Å². The molecule has 0 heterocycles. The summed E-state index contributed by atoms with van der Waals surface area (Å²) in [5.41, 5.74) is 1.76. The maximum atomic E-state index is 13.2. The van der Waals surface area contributed by atoms with Gasteiger partial charge in [-0.15, -0.1) is 0 Å². The minimum Gasteiger partial charge on any atom is -0.496 e. The Morgan fingerprint density at radius 3 is 2.38 bits per heavy atom. The molecule has 0 saturated carbocycles. The van der Waals surface area contributed by atoms with E-state index < -0.39 is 0 Å². The summed E-state index contributed by atoms with van der Waals surface area (Å²) in [6.45, 7) is 6.83. The van der Waals surface area contributed by atoms with Crippen LogP contribution in [0.15, 0.2) is 48.5 Å². The lowest BCUT2D eigenvalue weighted by Crippen LogP contribution is -2.39. The number of rotatable bonds is 7. The van der Waals surface area contributed by atoms with Crippen molar-refractivity contribution < 1.29 is 13.9 Å². The number of para-hydroxylation sites is 1. The fourth-order valence-corrected chi connectivity index (χ4v) is 2.88. The van der Waals surface area contributed by atoms with Crippen LogP contribution in [0.25, 0.3) is 0 Å². The smallest absolute Gasteiger partial charge is 0.234 e. The van der Waals surface area contributed by atoms with Crippen molar-refractivity contribution in [3.63, 3.8) is 0 Å². The first-order chi connectivity index (χ1) is 12.3. The minimum atomic E-state index is -0.268. The van der Waals surface area contributed by atoms with Gasteiger partial charge < -0.3 is 15.4 Å². The van der Waals surface area contributed by atoms with Gasteiger partial charge in [-0.25, -0.2) is 4.39 Å². The number of benzene rings is 2. The molecule has 0 saturated heterocycles. The van der Waals surface area contributed by atoms with Crippen molar-refractivity contribution >= 4 is 5.91 Å². The van der Waals surface area contributed by atoms with Gasteiger partial charge in [-0.1, -0.05) is 51.1 Å². The third kappa shape index (κ3) is 5.56. The minimum absolute atomic E-state index is 0.0693. The highest BCUT2D eigenvalue weighted by atomic mass is 19.1. The predicted octanol–water partition coefficient (Wildman–Crippen LogP) is 3.83. The van der Waals surface area contributed by atoms with E-state index in [2.05, 4.69) is 31.4 Å². The molecule has 0 aromatic heterocycles. The molecule has 2 aromatic rings. The number of halogens is 1. The van der Waals surface area contributed by atoms with Crippen molar-refractivity contribution in [2.75, 3.05) is 13.7 Å². The third-order valence-corrected chi connectivity index (χ3v) is 4.20. The summed E-state index contributed by atoms with van der Waals surface area (Å²) in [4.78, 5) is 12.3. The molecule has 140 valence electrons. The topological polar surface area (TPSA) is 50.4 Å². The number of ether oxygens (including phenoxy) is 1. The molecule has 1 amide bonds. The molecule has 0 radical (unpaired) electrons. The van der Waals surface area contributed by atoms with Crippen LogP contribution in [0.2, 0.25) is 0 Å². The number of hydrogen-bond donors (Lipinski definition) is 2. The van der Waals surface area contributed by atoms with Gasteiger partial charge in [-0.3, -0.25) is 4.79 Å². The van der Waals surface area contributed by atoms with E-state index in [0.717, 1.165) is 16.9 Å². The Labute approximate surface area is 154 Å². The first kappa shape index (κ1) is 19.9. The summed E-state index contributed by atoms with van der Waals surface area (Å²) in [6.07, 6.45) is 0. The van der Waals surface area contributed by atoms with E-state index in [-0.39, 0.29) is 29.7 Å². The second-order valence-corrected chi connectivity index (χ2v) is 7.32. The summed E-state index contributed by atoms with van der Waals surface area (Å²) < 4.78 is 18.5. The molecule has 2 aromatic carbocycles. The van der Waals surface area contributed by atoms with E-state index in [9.17, 15) is 9.18 Å². The summed E-state index contributed by atoms with van der Waals surface area (Å²) in [5.74, 6) is 0.378. The summed E-state index contributed by atoms with van der Waals surface area (Å²) in [5, 5.41) is 6.19. The lowest BCUT2D eigenvalue weighted by molar-refractivity contribution is -0.120. The van der Waals surface area contributed by atoms with Crippen LogP contribution in [0, 0.1) is 11.2 Å². The van der Waals surface area contributed by atoms with Crippen LogP contribution in [0.4, 0.5) is 4.39 Å². The molecule has 2 rings (SSSR count). The Morgan fingerprint density at radius 1 is 1.12 bits per heavy atom. The van der Waals surface area contributed by atoms with E-state index in [1.165, 1.54) is 12.1 Å². The van der Waals surface area contributed by atoms with Crippen LogP contribution in [0.5, 0.6) is 5.75 Å². The lowest BCUT2D eigenvalue weighted by Gasteiger charge is -2.32. The van der Waals surface area contributed by atoms with Gasteiger partial charge in [0.2, 0.25) is 5.91 Å². The zero-order valence-corrected chi connectivity index (χ0v) is 15.8. The zero-order valence-electron chi connectivity index (χ0n) is 15.8. The third-order valence-electron chi connectivity index (χ3n) is 4.20. The average Bonchev–Trinajstić information content (AvgIpc) is 2.60. The van der Waals surface area contributed by atoms with Crippen molar-refractivity contribution in [3.05, 3.63) is 65.5 Å². The molecule has 1 unspecified atom stereocenters. The van der Waals surface area contributed by atoms with Crippen molar-refractivity contribution in [2.24, 2.45) is 5.41 Å². The summed E-state index contributed by atoms with van der Waals surface area (Å²) in [7, 11) is 1.61. The normalized spacial score (nSPS) is 12.5. The molecule has 0 bridgehead atoms. The summed E-state index contributed by atoms with van der Waals surface area (Å²) in [6, 6.07) is 13.9. The molecule has 0 fully saturated rings. The van der Waals surface area contributed by atoms with E-state index in [1.54, 1.807) is 19.2 Å². The van der Waals surface area contributed by atoms with Gasteiger partial charge >= 0.3 is 0 Å². The quantitative estimate of drug-likeness (QED) is 0.791. The lowest BCUT2D eigenvalue weighted by atomic mass is 9.82. The Hall–Kier alpha value is -2.40. The van der Waals surface area contributed by atoms with Gasteiger partial charge in [0.1, 0.15) is 11.6 Å². The number of carbonyl (C=O) groups is 1. The number of methoxy groups -OCH3 is 1. The van der Waals surface area contributed by atoms with Crippen LogP contribution < -0.4 is 15.4 Å². The van der Waals surface area contributed by atoms with Gasteiger partial charge in [-0.2, -0.15) is 0 Å². The van der Waals surface area contributed by atoms with Crippen molar-refractivity contribution in [2.45, 2.75) is 33.4 Å². The second-order valence-electron chi connectivity index (χ2n) is 7.32. The largest absolute Gasteiger partial charge is 0.496 e. The first-order valence-electron chi connectivity index (χ1n) is 8.68. The molecule has 5 heteroatoms.